The maximum atomic E-state index is 12.3. The molecule has 1 amide bonds. The summed E-state index contributed by atoms with van der Waals surface area (Å²) < 4.78 is 9.27. The van der Waals surface area contributed by atoms with E-state index in [4.69, 9.17) is 4.74 Å². The van der Waals surface area contributed by atoms with Crippen molar-refractivity contribution in [1.29, 1.82) is 0 Å². The summed E-state index contributed by atoms with van der Waals surface area (Å²) >= 11 is 5.56. The lowest BCUT2D eigenvalue weighted by molar-refractivity contribution is -0.140. The van der Waals surface area contributed by atoms with Gasteiger partial charge in [-0.05, 0) is 68.9 Å². The molecule has 0 spiro atoms. The van der Waals surface area contributed by atoms with Crippen molar-refractivity contribution in [3.8, 4) is 33.0 Å². The molecule has 0 aliphatic heterocycles. The topological polar surface area (TPSA) is 119 Å². The summed E-state index contributed by atoms with van der Waals surface area (Å²) in [4.78, 5) is 24.8. The number of nitrogens with one attached hydrogen (secondary N) is 1. The Hall–Kier alpha value is -3.31. The summed E-state index contributed by atoms with van der Waals surface area (Å²) in [5, 5.41) is 25.4. The van der Waals surface area contributed by atoms with Gasteiger partial charge in [0.2, 0.25) is 0 Å². The number of carboxylic acid groups (broad SMARTS) is 1. The van der Waals surface area contributed by atoms with Gasteiger partial charge in [-0.1, -0.05) is 38.1 Å². The van der Waals surface area contributed by atoms with Gasteiger partial charge in [0.25, 0.3) is 0 Å². The van der Waals surface area contributed by atoms with Crippen LogP contribution >= 0.6 is 27.3 Å². The highest BCUT2D eigenvalue weighted by atomic mass is 79.9. The largest absolute Gasteiger partial charge is 0.480 e. The van der Waals surface area contributed by atoms with Crippen molar-refractivity contribution in [3.05, 3.63) is 40.4 Å². The van der Waals surface area contributed by atoms with Crippen LogP contribution in [0.25, 0.3) is 43.0 Å². The van der Waals surface area contributed by atoms with E-state index in [1.54, 1.807) is 29.9 Å². The van der Waals surface area contributed by atoms with E-state index in [9.17, 15) is 14.7 Å². The summed E-state index contributed by atoms with van der Waals surface area (Å²) in [5.41, 5.74) is 5.28. The van der Waals surface area contributed by atoms with E-state index in [2.05, 4.69) is 68.0 Å². The molecule has 0 fully saturated rings. The minimum atomic E-state index is -1.11. The molecule has 2 N–H and O–H groups in total. The minimum Gasteiger partial charge on any atom is -0.480 e. The maximum absolute atomic E-state index is 12.3. The van der Waals surface area contributed by atoms with Gasteiger partial charge in [0, 0.05) is 25.7 Å². The highest BCUT2D eigenvalue weighted by molar-refractivity contribution is 9.10. The van der Waals surface area contributed by atoms with E-state index >= 15 is 0 Å². The molecular weight excluding hydrogens is 546 g/mol. The molecule has 0 radical (unpaired) electrons. The van der Waals surface area contributed by atoms with Gasteiger partial charge in [-0.2, -0.15) is 0 Å². The first kappa shape index (κ1) is 24.4. The number of nitrogens with zero attached hydrogens (tertiary/aromatic N) is 4. The highest BCUT2D eigenvalue weighted by Gasteiger charge is 2.30. The smallest absolute Gasteiger partial charge is 0.407 e. The van der Waals surface area contributed by atoms with Crippen LogP contribution in [0, 0.1) is 12.8 Å². The molecule has 1 aliphatic carbocycles. The van der Waals surface area contributed by atoms with Gasteiger partial charge >= 0.3 is 12.1 Å². The monoisotopic (exact) mass is 569 g/mol. The zero-order valence-electron chi connectivity index (χ0n) is 20.1. The Labute approximate surface area is 219 Å². The van der Waals surface area contributed by atoms with Gasteiger partial charge in [-0.15, -0.1) is 16.4 Å². The van der Waals surface area contributed by atoms with Crippen molar-refractivity contribution in [2.75, 3.05) is 6.61 Å². The van der Waals surface area contributed by atoms with Crippen LogP contribution in [0.3, 0.4) is 0 Å². The van der Waals surface area contributed by atoms with E-state index in [0.29, 0.717) is 5.82 Å². The Morgan fingerprint density at radius 1 is 1.17 bits per heavy atom. The summed E-state index contributed by atoms with van der Waals surface area (Å²) in [6, 6.07) is 9.04. The normalized spacial score (nSPS) is 13.6. The zero-order valence-corrected chi connectivity index (χ0v) is 22.5. The summed E-state index contributed by atoms with van der Waals surface area (Å²) in [5.74, 6) is -0.825. The number of amides is 1. The number of rotatable bonds is 7. The van der Waals surface area contributed by atoms with Gasteiger partial charge in [0.05, 0.1) is 10.9 Å². The van der Waals surface area contributed by atoms with E-state index in [1.807, 2.05) is 13.0 Å². The predicted octanol–water partition coefficient (Wildman–Crippen LogP) is 5.67. The zero-order chi connectivity index (χ0) is 25.7. The summed E-state index contributed by atoms with van der Waals surface area (Å²) in [6.45, 7) is 7.34. The first-order valence-electron chi connectivity index (χ1n) is 11.5. The van der Waals surface area contributed by atoms with Crippen molar-refractivity contribution >= 4 is 49.4 Å². The molecule has 0 saturated heterocycles. The molecule has 4 bridgehead atoms. The first-order valence-corrected chi connectivity index (χ1v) is 13.1. The Morgan fingerprint density at radius 2 is 1.92 bits per heavy atom. The van der Waals surface area contributed by atoms with Crippen LogP contribution in [-0.2, 0) is 9.53 Å². The number of carboxylic acids is 1. The van der Waals surface area contributed by atoms with Gasteiger partial charge < -0.3 is 15.2 Å². The summed E-state index contributed by atoms with van der Waals surface area (Å²) in [7, 11) is 0. The van der Waals surface area contributed by atoms with Crippen LogP contribution in [0.5, 0.6) is 0 Å². The van der Waals surface area contributed by atoms with Crippen molar-refractivity contribution in [1.82, 2.24) is 25.5 Å². The molecule has 5 rings (SSSR count). The number of carbonyl (C=O) groups is 2. The molecular formula is C25H24BrN5O4S. The van der Waals surface area contributed by atoms with Crippen LogP contribution in [0.1, 0.15) is 32.4 Å². The van der Waals surface area contributed by atoms with Crippen molar-refractivity contribution in [2.24, 2.45) is 5.92 Å². The minimum absolute atomic E-state index is 0.0350. The number of tetrazole rings is 1. The fourth-order valence-electron chi connectivity index (χ4n) is 4.57. The number of halogens is 1. The third-order valence-electron chi connectivity index (χ3n) is 6.38. The lowest BCUT2D eigenvalue weighted by atomic mass is 9.92. The van der Waals surface area contributed by atoms with Crippen molar-refractivity contribution in [2.45, 2.75) is 39.8 Å². The molecule has 2 heterocycles. The standard InChI is InChI=1S/C25H24BrN5O4S/c1-11(2)21(24(32)33)27-25(34)35-10-13(4)31-23(28-29-30-31)18-14-6-5-7-15(18)22-20(26)19-16(36-22)9-8-12(3)17(14)19/h5-9,11,13,21H,10H2,1-4H3,(H,27,34)(H,32,33)/t13?,21-/m0/s1. The number of thiophene rings is 1. The van der Waals surface area contributed by atoms with Gasteiger partial charge in [0.1, 0.15) is 12.6 Å². The van der Waals surface area contributed by atoms with Crippen molar-refractivity contribution < 1.29 is 19.4 Å². The number of hydrogen-bond donors (Lipinski definition) is 2. The van der Waals surface area contributed by atoms with Gasteiger partial charge in [-0.25, -0.2) is 14.3 Å². The van der Waals surface area contributed by atoms with E-state index in [-0.39, 0.29) is 12.5 Å². The molecule has 1 unspecified atom stereocenters. The molecule has 9 nitrogen and oxygen atoms in total. The molecule has 4 aromatic rings. The number of hydrogen-bond acceptors (Lipinski definition) is 7. The van der Waals surface area contributed by atoms with Crippen LogP contribution < -0.4 is 5.32 Å². The molecule has 1 aliphatic rings. The van der Waals surface area contributed by atoms with Crippen LogP contribution in [-0.4, -0.2) is 50.0 Å². The second-order valence-corrected chi connectivity index (χ2v) is 11.0. The highest BCUT2D eigenvalue weighted by Crippen LogP contribution is 2.54. The van der Waals surface area contributed by atoms with Gasteiger partial charge in [0.15, 0.2) is 5.82 Å². The van der Waals surface area contributed by atoms with Gasteiger partial charge in [-0.3, -0.25) is 0 Å². The number of benzene rings is 2. The average Bonchev–Trinajstić information content (AvgIpc) is 3.44. The second-order valence-electron chi connectivity index (χ2n) is 9.20. The molecule has 11 heteroatoms. The lowest BCUT2D eigenvalue weighted by Gasteiger charge is -2.20. The molecule has 2 aromatic carbocycles. The predicted molar refractivity (Wildman–Crippen MR) is 141 cm³/mol. The first-order chi connectivity index (χ1) is 17.2. The maximum Gasteiger partial charge on any atom is 0.407 e. The van der Waals surface area contributed by atoms with Crippen LogP contribution in [0.2, 0.25) is 0 Å². The number of fused-ring (bicyclic) bond motifs is 5. The SMILES string of the molecule is Cc1ccc2sc3c(Br)c2c1-c1cccc-3c1-c1nnnn1C(C)COC(=O)N[C@H](C(=O)O)C(C)C. The molecule has 186 valence electrons. The Morgan fingerprint density at radius 3 is 2.64 bits per heavy atom. The number of carbonyl (C=O) groups excluding carboxylic acids is 1. The third kappa shape index (κ3) is 3.96. The Balaban J connectivity index is 1.48. The van der Waals surface area contributed by atoms with E-state index in [0.717, 1.165) is 37.2 Å². The number of ether oxygens (including phenoxy) is 1. The lowest BCUT2D eigenvalue weighted by Crippen LogP contribution is -2.44. The second kappa shape index (κ2) is 9.29. The fourth-order valence-corrected chi connectivity index (χ4v) is 6.71. The Bertz CT molecular complexity index is 1510. The van der Waals surface area contributed by atoms with Crippen molar-refractivity contribution in [3.63, 3.8) is 0 Å². The van der Waals surface area contributed by atoms with E-state index < -0.39 is 24.1 Å². The van der Waals surface area contributed by atoms with E-state index in [1.165, 1.54) is 10.1 Å². The van der Waals surface area contributed by atoms with Crippen LogP contribution in [0.15, 0.2) is 34.8 Å². The third-order valence-corrected chi connectivity index (χ3v) is 8.62. The average molecular weight is 570 g/mol. The molecule has 2 aromatic heterocycles. The number of aryl methyl sites for hydroxylation is 1. The Kier molecular flexibility index (Phi) is 6.29. The molecule has 0 saturated carbocycles. The molecule has 36 heavy (non-hydrogen) atoms. The van der Waals surface area contributed by atoms with Crippen LogP contribution in [0.4, 0.5) is 4.79 Å². The number of alkyl carbamates (subject to hydrolysis) is 1. The molecule has 2 atom stereocenters. The number of aliphatic carboxylic acids is 1. The fraction of sp³-hybridized carbons (Fsp3) is 0.320. The summed E-state index contributed by atoms with van der Waals surface area (Å²) in [6.07, 6.45) is -0.798. The number of aromatic nitrogens is 4. The quantitative estimate of drug-likeness (QED) is 0.259.